The molecule has 7 heteroatoms. The molecule has 2 saturated carbocycles. The Labute approximate surface area is 160 Å². The van der Waals surface area contributed by atoms with Crippen LogP contribution >= 0.6 is 0 Å². The normalized spacial score (nSPS) is 38.7. The van der Waals surface area contributed by atoms with Gasteiger partial charge < -0.3 is 20.1 Å². The highest BCUT2D eigenvalue weighted by molar-refractivity contribution is 5.94. The molecule has 2 amide bonds. The summed E-state index contributed by atoms with van der Waals surface area (Å²) in [6.45, 7) is 0.662. The van der Waals surface area contributed by atoms with Crippen molar-refractivity contribution in [1.82, 2.24) is 10.2 Å². The van der Waals surface area contributed by atoms with Crippen molar-refractivity contribution in [3.05, 3.63) is 12.2 Å². The zero-order valence-electron chi connectivity index (χ0n) is 16.1. The second-order valence-electron chi connectivity index (χ2n) is 8.13. The average molecular weight is 378 g/mol. The van der Waals surface area contributed by atoms with Crippen LogP contribution in [0.2, 0.25) is 0 Å². The van der Waals surface area contributed by atoms with Gasteiger partial charge in [0.25, 0.3) is 0 Å². The quantitative estimate of drug-likeness (QED) is 0.524. The molecule has 1 aliphatic heterocycles. The van der Waals surface area contributed by atoms with Gasteiger partial charge in [0, 0.05) is 25.4 Å². The van der Waals surface area contributed by atoms with Crippen molar-refractivity contribution in [2.24, 2.45) is 17.8 Å². The number of amides is 2. The number of esters is 1. The fourth-order valence-corrected chi connectivity index (χ4v) is 4.44. The summed E-state index contributed by atoms with van der Waals surface area (Å²) in [5.74, 6) is -1.99. The van der Waals surface area contributed by atoms with Gasteiger partial charge in [-0.3, -0.25) is 9.59 Å². The van der Waals surface area contributed by atoms with Gasteiger partial charge in [-0.15, -0.1) is 0 Å². The highest BCUT2D eigenvalue weighted by atomic mass is 16.5. The predicted octanol–water partition coefficient (Wildman–Crippen LogP) is 1.01. The summed E-state index contributed by atoms with van der Waals surface area (Å²) in [5.41, 5.74) is -1.03. The molecule has 7 nitrogen and oxygen atoms in total. The number of hydrogen-bond acceptors (Lipinski definition) is 5. The Morgan fingerprint density at radius 1 is 1.30 bits per heavy atom. The Morgan fingerprint density at radius 2 is 2.07 bits per heavy atom. The van der Waals surface area contributed by atoms with Crippen LogP contribution in [0.3, 0.4) is 0 Å². The second-order valence-corrected chi connectivity index (χ2v) is 8.13. The minimum absolute atomic E-state index is 0.0471. The molecule has 0 saturated heterocycles. The second kappa shape index (κ2) is 8.00. The van der Waals surface area contributed by atoms with Crippen LogP contribution in [-0.4, -0.2) is 60.1 Å². The third kappa shape index (κ3) is 4.03. The van der Waals surface area contributed by atoms with E-state index < -0.39 is 29.4 Å². The minimum atomic E-state index is -1.03. The predicted molar refractivity (Wildman–Crippen MR) is 98.5 cm³/mol. The van der Waals surface area contributed by atoms with E-state index >= 15 is 0 Å². The van der Waals surface area contributed by atoms with Crippen LogP contribution in [0.4, 0.5) is 0 Å². The first-order valence-electron chi connectivity index (χ1n) is 9.89. The molecule has 0 aromatic heterocycles. The standard InChI is InChI=1S/C20H30N2O5/c1-22-10-6-4-3-5-7-13-12-20(13,19(26)27-2)21-17(24)16-11-14(23)8-9-15(16)18(22)25/h5,7,13-16,23H,3-4,6,8-12H2,1-2H3,(H,21,24)/b7-5-/t13?,14-,15-,16-,20-/m1/s1. The van der Waals surface area contributed by atoms with Gasteiger partial charge in [-0.25, -0.2) is 4.79 Å². The fourth-order valence-electron chi connectivity index (χ4n) is 4.44. The molecule has 3 aliphatic rings. The fraction of sp³-hybridized carbons (Fsp3) is 0.750. The lowest BCUT2D eigenvalue weighted by molar-refractivity contribution is -0.150. The highest BCUT2D eigenvalue weighted by Gasteiger charge is 2.61. The number of allylic oxidation sites excluding steroid dienone is 1. The van der Waals surface area contributed by atoms with Crippen LogP contribution < -0.4 is 5.32 Å². The monoisotopic (exact) mass is 378 g/mol. The summed E-state index contributed by atoms with van der Waals surface area (Å²) in [7, 11) is 3.09. The molecule has 0 aromatic rings. The first-order chi connectivity index (χ1) is 12.9. The summed E-state index contributed by atoms with van der Waals surface area (Å²) in [6, 6.07) is 0. The zero-order valence-corrected chi connectivity index (χ0v) is 16.1. The van der Waals surface area contributed by atoms with Gasteiger partial charge in [-0.05, 0) is 44.9 Å². The highest BCUT2D eigenvalue weighted by Crippen LogP contribution is 2.46. The Morgan fingerprint density at radius 3 is 2.81 bits per heavy atom. The van der Waals surface area contributed by atoms with Crippen molar-refractivity contribution in [3.63, 3.8) is 0 Å². The first-order valence-corrected chi connectivity index (χ1v) is 9.89. The van der Waals surface area contributed by atoms with E-state index in [4.69, 9.17) is 4.74 Å². The Kier molecular flexibility index (Phi) is 5.89. The van der Waals surface area contributed by atoms with E-state index in [-0.39, 0.29) is 24.2 Å². The number of ether oxygens (including phenoxy) is 1. The smallest absolute Gasteiger partial charge is 0.332 e. The van der Waals surface area contributed by atoms with Crippen LogP contribution in [0.25, 0.3) is 0 Å². The molecule has 5 atom stereocenters. The number of nitrogens with zero attached hydrogens (tertiary/aromatic N) is 1. The minimum Gasteiger partial charge on any atom is -0.467 e. The van der Waals surface area contributed by atoms with E-state index in [1.807, 2.05) is 12.2 Å². The molecule has 0 bridgehead atoms. The maximum atomic E-state index is 13.1. The number of aliphatic hydroxyl groups is 1. The number of nitrogens with one attached hydrogen (secondary N) is 1. The Bertz CT molecular complexity index is 634. The zero-order chi connectivity index (χ0) is 19.6. The molecule has 27 heavy (non-hydrogen) atoms. The SMILES string of the molecule is COC(=O)[C@@]12CC1/C=C\CCCCN(C)C(=O)[C@@H]1CC[C@@H](O)C[C@H]1C(=O)N2. The van der Waals surface area contributed by atoms with Gasteiger partial charge >= 0.3 is 5.97 Å². The van der Waals surface area contributed by atoms with E-state index in [2.05, 4.69) is 5.32 Å². The number of rotatable bonds is 1. The average Bonchev–Trinajstić information content (AvgIpc) is 3.35. The molecular formula is C20H30N2O5. The van der Waals surface area contributed by atoms with Gasteiger partial charge in [0.1, 0.15) is 5.54 Å². The molecule has 2 aliphatic carbocycles. The summed E-state index contributed by atoms with van der Waals surface area (Å²) in [4.78, 5) is 40.0. The van der Waals surface area contributed by atoms with Crippen molar-refractivity contribution in [2.45, 2.75) is 56.6 Å². The van der Waals surface area contributed by atoms with Gasteiger partial charge in [-0.2, -0.15) is 0 Å². The largest absolute Gasteiger partial charge is 0.467 e. The van der Waals surface area contributed by atoms with Crippen LogP contribution in [0.15, 0.2) is 12.2 Å². The van der Waals surface area contributed by atoms with Gasteiger partial charge in [-0.1, -0.05) is 12.2 Å². The van der Waals surface area contributed by atoms with Gasteiger partial charge in [0.15, 0.2) is 0 Å². The molecule has 2 fully saturated rings. The molecule has 0 aromatic carbocycles. The molecular weight excluding hydrogens is 348 g/mol. The topological polar surface area (TPSA) is 95.9 Å². The maximum Gasteiger partial charge on any atom is 0.332 e. The lowest BCUT2D eigenvalue weighted by atomic mass is 9.76. The summed E-state index contributed by atoms with van der Waals surface area (Å²) >= 11 is 0. The lowest BCUT2D eigenvalue weighted by Crippen LogP contribution is -2.52. The molecule has 3 rings (SSSR count). The molecule has 1 unspecified atom stereocenters. The number of aliphatic hydroxyl groups excluding tert-OH is 1. The van der Waals surface area contributed by atoms with Gasteiger partial charge in [0.2, 0.25) is 11.8 Å². The van der Waals surface area contributed by atoms with Crippen molar-refractivity contribution < 1.29 is 24.2 Å². The molecule has 2 N–H and O–H groups in total. The maximum absolute atomic E-state index is 13.1. The number of hydrogen-bond donors (Lipinski definition) is 2. The molecule has 1 heterocycles. The van der Waals surface area contributed by atoms with E-state index in [1.165, 1.54) is 7.11 Å². The van der Waals surface area contributed by atoms with Crippen molar-refractivity contribution in [2.75, 3.05) is 20.7 Å². The Hall–Kier alpha value is -1.89. The lowest BCUT2D eigenvalue weighted by Gasteiger charge is -2.35. The third-order valence-corrected chi connectivity index (χ3v) is 6.25. The number of carbonyl (C=O) groups excluding carboxylic acids is 3. The summed E-state index contributed by atoms with van der Waals surface area (Å²) < 4.78 is 4.94. The van der Waals surface area contributed by atoms with Crippen LogP contribution in [0, 0.1) is 17.8 Å². The summed E-state index contributed by atoms with van der Waals surface area (Å²) in [5, 5.41) is 13.0. The van der Waals surface area contributed by atoms with Crippen molar-refractivity contribution in [3.8, 4) is 0 Å². The van der Waals surface area contributed by atoms with Crippen LogP contribution in [0.1, 0.15) is 44.9 Å². The number of fused-ring (bicyclic) bond motifs is 2. The van der Waals surface area contributed by atoms with Crippen LogP contribution in [0.5, 0.6) is 0 Å². The van der Waals surface area contributed by atoms with Crippen molar-refractivity contribution >= 4 is 17.8 Å². The number of methoxy groups -OCH3 is 1. The van der Waals surface area contributed by atoms with E-state index in [0.29, 0.717) is 25.8 Å². The molecule has 0 spiro atoms. The molecule has 0 radical (unpaired) electrons. The van der Waals surface area contributed by atoms with Gasteiger partial charge in [0.05, 0.1) is 19.1 Å². The van der Waals surface area contributed by atoms with Crippen LogP contribution in [-0.2, 0) is 19.1 Å². The number of carbonyl (C=O) groups is 3. The van der Waals surface area contributed by atoms with E-state index in [1.54, 1.807) is 11.9 Å². The third-order valence-electron chi connectivity index (χ3n) is 6.25. The first kappa shape index (κ1) is 19.9. The molecule has 150 valence electrons. The Balaban J connectivity index is 1.87. The summed E-state index contributed by atoms with van der Waals surface area (Å²) in [6.07, 6.45) is 7.92. The van der Waals surface area contributed by atoms with E-state index in [9.17, 15) is 19.5 Å². The van der Waals surface area contributed by atoms with E-state index in [0.717, 1.165) is 19.3 Å². The van der Waals surface area contributed by atoms with Crippen molar-refractivity contribution in [1.29, 1.82) is 0 Å².